The summed E-state index contributed by atoms with van der Waals surface area (Å²) in [5, 5.41) is 3.37. The quantitative estimate of drug-likeness (QED) is 0.731. The average Bonchev–Trinajstić information content (AvgIpc) is 2.17. The Morgan fingerprint density at radius 3 is 2.67 bits per heavy atom. The van der Waals surface area contributed by atoms with E-state index in [9.17, 15) is 0 Å². The van der Waals surface area contributed by atoms with Crippen LogP contribution in [0, 0.1) is 0 Å². The predicted molar refractivity (Wildman–Crippen MR) is 65.4 cm³/mol. The first-order valence-corrected chi connectivity index (χ1v) is 5.45. The second kappa shape index (κ2) is 5.49. The first kappa shape index (κ1) is 11.7. The molecule has 15 heavy (non-hydrogen) atoms. The van der Waals surface area contributed by atoms with Crippen molar-refractivity contribution in [2.24, 2.45) is 0 Å². The van der Waals surface area contributed by atoms with Gasteiger partial charge in [0.25, 0.3) is 0 Å². The third kappa shape index (κ3) is 3.70. The van der Waals surface area contributed by atoms with Crippen molar-refractivity contribution in [3.05, 3.63) is 18.2 Å². The fourth-order valence-corrected chi connectivity index (χ4v) is 1.34. The summed E-state index contributed by atoms with van der Waals surface area (Å²) in [7, 11) is 0. The normalized spacial score (nSPS) is 12.2. The van der Waals surface area contributed by atoms with Crippen molar-refractivity contribution in [1.29, 1.82) is 0 Å². The second-order valence-corrected chi connectivity index (χ2v) is 3.68. The maximum atomic E-state index is 5.79. The largest absolute Gasteiger partial charge is 0.494 e. The predicted octanol–water partition coefficient (Wildman–Crippen LogP) is 2.88. The first-order valence-electron chi connectivity index (χ1n) is 5.45. The first-order chi connectivity index (χ1) is 7.15. The van der Waals surface area contributed by atoms with Crippen LogP contribution in [0.4, 0.5) is 11.4 Å². The molecule has 0 aliphatic rings. The molecule has 3 N–H and O–H groups in total. The van der Waals surface area contributed by atoms with Crippen molar-refractivity contribution < 1.29 is 4.74 Å². The lowest BCUT2D eigenvalue weighted by atomic mass is 10.2. The van der Waals surface area contributed by atoms with Gasteiger partial charge in [0.1, 0.15) is 5.75 Å². The van der Waals surface area contributed by atoms with Gasteiger partial charge in [-0.25, -0.2) is 0 Å². The number of nitrogens with two attached hydrogens (primary N) is 1. The van der Waals surface area contributed by atoms with Gasteiger partial charge in [0.15, 0.2) is 0 Å². The second-order valence-electron chi connectivity index (χ2n) is 3.68. The minimum Gasteiger partial charge on any atom is -0.494 e. The maximum absolute atomic E-state index is 5.79. The van der Waals surface area contributed by atoms with Crippen molar-refractivity contribution in [2.75, 3.05) is 17.7 Å². The van der Waals surface area contributed by atoms with Crippen LogP contribution in [-0.4, -0.2) is 12.6 Å². The molecule has 84 valence electrons. The molecule has 1 unspecified atom stereocenters. The summed E-state index contributed by atoms with van der Waals surface area (Å²) >= 11 is 0. The van der Waals surface area contributed by atoms with E-state index in [0.717, 1.165) is 23.5 Å². The number of hydrogen-bond donors (Lipinski definition) is 2. The van der Waals surface area contributed by atoms with E-state index >= 15 is 0 Å². The van der Waals surface area contributed by atoms with Crippen LogP contribution >= 0.6 is 0 Å². The smallest absolute Gasteiger partial charge is 0.123 e. The molecule has 0 aliphatic carbocycles. The number of hydrogen-bond acceptors (Lipinski definition) is 3. The van der Waals surface area contributed by atoms with E-state index in [0.29, 0.717) is 12.6 Å². The monoisotopic (exact) mass is 208 g/mol. The molecule has 0 saturated heterocycles. The molecule has 1 aromatic carbocycles. The van der Waals surface area contributed by atoms with Crippen molar-refractivity contribution in [3.8, 4) is 5.75 Å². The Bertz CT molecular complexity index is 312. The molecular weight excluding hydrogens is 188 g/mol. The Morgan fingerprint density at radius 2 is 2.07 bits per heavy atom. The van der Waals surface area contributed by atoms with E-state index in [1.807, 2.05) is 25.1 Å². The van der Waals surface area contributed by atoms with Crippen molar-refractivity contribution in [1.82, 2.24) is 0 Å². The summed E-state index contributed by atoms with van der Waals surface area (Å²) in [6.07, 6.45) is 1.08. The lowest BCUT2D eigenvalue weighted by Gasteiger charge is -2.14. The fourth-order valence-electron chi connectivity index (χ4n) is 1.34. The molecule has 0 spiro atoms. The van der Waals surface area contributed by atoms with Gasteiger partial charge in [0.2, 0.25) is 0 Å². The SMILES string of the molecule is CCOc1cc(N)cc(NC(C)CC)c1. The zero-order chi connectivity index (χ0) is 11.3. The van der Waals surface area contributed by atoms with Crippen LogP contribution in [0.5, 0.6) is 5.75 Å². The lowest BCUT2D eigenvalue weighted by Crippen LogP contribution is -2.13. The molecule has 0 heterocycles. The van der Waals surface area contributed by atoms with Gasteiger partial charge in [0, 0.05) is 29.5 Å². The highest BCUT2D eigenvalue weighted by atomic mass is 16.5. The third-order valence-electron chi connectivity index (χ3n) is 2.27. The van der Waals surface area contributed by atoms with Gasteiger partial charge in [-0.3, -0.25) is 0 Å². The molecule has 0 saturated carbocycles. The van der Waals surface area contributed by atoms with Crippen LogP contribution in [0.3, 0.4) is 0 Å². The van der Waals surface area contributed by atoms with E-state index in [2.05, 4.69) is 19.2 Å². The number of benzene rings is 1. The molecule has 0 bridgehead atoms. The molecule has 0 radical (unpaired) electrons. The van der Waals surface area contributed by atoms with Gasteiger partial charge in [0.05, 0.1) is 6.61 Å². The molecule has 3 nitrogen and oxygen atoms in total. The Hall–Kier alpha value is -1.38. The third-order valence-corrected chi connectivity index (χ3v) is 2.27. The van der Waals surface area contributed by atoms with Crippen LogP contribution in [0.2, 0.25) is 0 Å². The minimum absolute atomic E-state index is 0.446. The summed E-state index contributed by atoms with van der Waals surface area (Å²) in [5.74, 6) is 0.823. The highest BCUT2D eigenvalue weighted by Crippen LogP contribution is 2.23. The Morgan fingerprint density at radius 1 is 1.33 bits per heavy atom. The van der Waals surface area contributed by atoms with E-state index in [1.165, 1.54) is 0 Å². The zero-order valence-electron chi connectivity index (χ0n) is 9.71. The average molecular weight is 208 g/mol. The highest BCUT2D eigenvalue weighted by Gasteiger charge is 2.02. The van der Waals surface area contributed by atoms with Gasteiger partial charge in [-0.1, -0.05) is 6.92 Å². The summed E-state index contributed by atoms with van der Waals surface area (Å²) in [6, 6.07) is 6.19. The van der Waals surface area contributed by atoms with Crippen LogP contribution in [0.1, 0.15) is 27.2 Å². The van der Waals surface area contributed by atoms with E-state index in [1.54, 1.807) is 0 Å². The van der Waals surface area contributed by atoms with Crippen LogP contribution in [-0.2, 0) is 0 Å². The van der Waals surface area contributed by atoms with Gasteiger partial charge < -0.3 is 15.8 Å². The van der Waals surface area contributed by atoms with Crippen LogP contribution < -0.4 is 15.8 Å². The molecule has 0 aromatic heterocycles. The molecule has 0 aliphatic heterocycles. The number of nitrogen functional groups attached to an aromatic ring is 1. The molecular formula is C12H20N2O. The summed E-state index contributed by atoms with van der Waals surface area (Å²) in [4.78, 5) is 0. The maximum Gasteiger partial charge on any atom is 0.123 e. The van der Waals surface area contributed by atoms with Crippen molar-refractivity contribution in [2.45, 2.75) is 33.2 Å². The van der Waals surface area contributed by atoms with Gasteiger partial charge in [-0.05, 0) is 26.3 Å². The molecule has 1 rings (SSSR count). The summed E-state index contributed by atoms with van der Waals surface area (Å²) < 4.78 is 5.42. The van der Waals surface area contributed by atoms with Gasteiger partial charge in [-0.2, -0.15) is 0 Å². The standard InChI is InChI=1S/C12H20N2O/c1-4-9(3)14-11-6-10(13)7-12(8-11)15-5-2/h6-9,14H,4-5,13H2,1-3H3. The summed E-state index contributed by atoms with van der Waals surface area (Å²) in [5.41, 5.74) is 7.54. The molecule has 0 fully saturated rings. The number of nitrogens with one attached hydrogen (secondary N) is 1. The van der Waals surface area contributed by atoms with E-state index in [4.69, 9.17) is 10.5 Å². The van der Waals surface area contributed by atoms with Gasteiger partial charge in [-0.15, -0.1) is 0 Å². The fraction of sp³-hybridized carbons (Fsp3) is 0.500. The van der Waals surface area contributed by atoms with Crippen LogP contribution in [0.15, 0.2) is 18.2 Å². The lowest BCUT2D eigenvalue weighted by molar-refractivity contribution is 0.340. The van der Waals surface area contributed by atoms with Crippen LogP contribution in [0.25, 0.3) is 0 Å². The van der Waals surface area contributed by atoms with Crippen molar-refractivity contribution >= 4 is 11.4 Å². The summed E-state index contributed by atoms with van der Waals surface area (Å²) in [6.45, 7) is 6.91. The molecule has 0 amide bonds. The number of ether oxygens (including phenoxy) is 1. The highest BCUT2D eigenvalue weighted by molar-refractivity contribution is 5.59. The Balaban J connectivity index is 2.78. The van der Waals surface area contributed by atoms with Gasteiger partial charge >= 0.3 is 0 Å². The molecule has 1 aromatic rings. The number of anilines is 2. The van der Waals surface area contributed by atoms with Crippen molar-refractivity contribution in [3.63, 3.8) is 0 Å². The van der Waals surface area contributed by atoms with E-state index in [-0.39, 0.29) is 0 Å². The topological polar surface area (TPSA) is 47.3 Å². The molecule has 3 heteroatoms. The minimum atomic E-state index is 0.446. The van der Waals surface area contributed by atoms with E-state index < -0.39 is 0 Å². The number of rotatable bonds is 5. The Labute approximate surface area is 91.6 Å². The Kier molecular flexibility index (Phi) is 4.28. The zero-order valence-corrected chi connectivity index (χ0v) is 9.71. The molecule has 1 atom stereocenters.